The van der Waals surface area contributed by atoms with Crippen molar-refractivity contribution in [2.75, 3.05) is 0 Å². The number of aromatic nitrogens is 6. The number of hydrogen-bond acceptors (Lipinski definition) is 5. The Bertz CT molecular complexity index is 5270. The Morgan fingerprint density at radius 2 is 0.670 bits per heavy atom. The second-order valence-corrected chi connectivity index (χ2v) is 22.9. The van der Waals surface area contributed by atoms with Crippen LogP contribution in [0.4, 0.5) is 5.69 Å². The average Bonchev–Trinajstić information content (AvgIpc) is 1.69. The van der Waals surface area contributed by atoms with Gasteiger partial charge in [-0.25, -0.2) is 4.85 Å². The fraction of sp³-hybridized carbons (Fsp3) is 0.0120. The fourth-order valence-electron chi connectivity index (χ4n) is 13.0. The van der Waals surface area contributed by atoms with E-state index in [1.165, 1.54) is 0 Å². The predicted octanol–water partition coefficient (Wildman–Crippen LogP) is 21.2. The molecule has 8 nitrogen and oxygen atoms in total. The van der Waals surface area contributed by atoms with Gasteiger partial charge in [0, 0.05) is 90.8 Å². The van der Waals surface area contributed by atoms with Gasteiger partial charge in [0.05, 0.1) is 74.4 Å². The molecule has 0 saturated heterocycles. The summed E-state index contributed by atoms with van der Waals surface area (Å²) in [5.74, 6) is 0. The molecule has 6 aromatic heterocycles. The summed E-state index contributed by atoms with van der Waals surface area (Å²) in [7, 11) is 0. The zero-order valence-electron chi connectivity index (χ0n) is 49.4. The number of nitrogens with zero attached hydrogens (tertiary/aromatic N) is 8. The van der Waals surface area contributed by atoms with E-state index >= 15 is 0 Å². The van der Waals surface area contributed by atoms with Gasteiger partial charge in [-0.05, 0) is 137 Å². The van der Waals surface area contributed by atoms with Crippen molar-refractivity contribution in [2.45, 2.75) is 6.92 Å². The Kier molecular flexibility index (Phi) is 13.4. The third-order valence-corrected chi connectivity index (χ3v) is 17.4. The molecule has 0 saturated carbocycles. The Morgan fingerprint density at radius 3 is 0.989 bits per heavy atom. The van der Waals surface area contributed by atoms with Crippen LogP contribution in [0.15, 0.2) is 298 Å². The van der Waals surface area contributed by atoms with Crippen molar-refractivity contribution in [1.82, 2.24) is 29.1 Å². The maximum atomic E-state index is 10.5. The maximum Gasteiger partial charge on any atom is 0.234 e. The van der Waals surface area contributed by atoms with E-state index in [9.17, 15) is 11.8 Å². The Balaban J connectivity index is 0.928. The average molecular weight is 1160 g/mol. The Morgan fingerprint density at radius 1 is 0.330 bits per heavy atom. The SMILES string of the molecule is [C-]#[N+]c1c(-n2c3ccc(-c4ccc(-c5ccccc5)nc4)cc3c3cc(-c4ccc(-c5ccccc5)nc4)ccc32)ccc(-c2cc(C)cc(C#N)c2)c1-n1c2ccc(-c3ccc(-c4ccccc4)nc3)cc2c2cc(-c3ccc(-c4ccccc4)nc3)ccc21. The van der Waals surface area contributed by atoms with Gasteiger partial charge in [0.2, 0.25) is 5.69 Å². The van der Waals surface area contributed by atoms with Gasteiger partial charge >= 0.3 is 0 Å². The first-order chi connectivity index (χ1) is 44.9. The molecule has 6 heterocycles. The molecule has 16 aromatic rings. The lowest BCUT2D eigenvalue weighted by atomic mass is 9.97. The van der Waals surface area contributed by atoms with Crippen LogP contribution in [0.5, 0.6) is 0 Å². The minimum Gasteiger partial charge on any atom is -0.319 e. The van der Waals surface area contributed by atoms with Gasteiger partial charge in [0.15, 0.2) is 0 Å². The van der Waals surface area contributed by atoms with Gasteiger partial charge in [0.1, 0.15) is 0 Å². The fourth-order valence-corrected chi connectivity index (χ4v) is 13.0. The van der Waals surface area contributed by atoms with Crippen molar-refractivity contribution >= 4 is 49.3 Å². The minimum absolute atomic E-state index is 0.444. The molecule has 0 aliphatic heterocycles. The molecule has 0 atom stereocenters. The molecule has 0 fully saturated rings. The molecule has 0 N–H and O–H groups in total. The molecular formula is C83H52N8. The summed E-state index contributed by atoms with van der Waals surface area (Å²) < 4.78 is 4.53. The molecule has 424 valence electrons. The largest absolute Gasteiger partial charge is 0.319 e. The van der Waals surface area contributed by atoms with E-state index in [1.54, 1.807) is 0 Å². The van der Waals surface area contributed by atoms with Crippen LogP contribution in [0.2, 0.25) is 0 Å². The molecule has 0 spiro atoms. The highest BCUT2D eigenvalue weighted by Gasteiger charge is 2.26. The van der Waals surface area contributed by atoms with Gasteiger partial charge in [0.25, 0.3) is 0 Å². The number of rotatable bonds is 11. The summed E-state index contributed by atoms with van der Waals surface area (Å²) in [6, 6.07) is 96.8. The highest BCUT2D eigenvalue weighted by molar-refractivity contribution is 6.15. The van der Waals surface area contributed by atoms with Gasteiger partial charge < -0.3 is 9.13 Å². The molecule has 0 radical (unpaired) electrons. The van der Waals surface area contributed by atoms with Gasteiger partial charge in [-0.15, -0.1) is 0 Å². The van der Waals surface area contributed by atoms with Crippen molar-refractivity contribution in [1.29, 1.82) is 5.26 Å². The van der Waals surface area contributed by atoms with E-state index in [-0.39, 0.29) is 0 Å². The van der Waals surface area contributed by atoms with E-state index in [0.717, 1.165) is 150 Å². The van der Waals surface area contributed by atoms with Crippen LogP contribution in [0.1, 0.15) is 11.1 Å². The first-order valence-electron chi connectivity index (χ1n) is 30.2. The summed E-state index contributed by atoms with van der Waals surface area (Å²) in [4.78, 5) is 24.5. The molecular weight excluding hydrogens is 1110 g/mol. The minimum atomic E-state index is 0.444. The lowest BCUT2D eigenvalue weighted by Gasteiger charge is -2.21. The van der Waals surface area contributed by atoms with Crippen LogP contribution in [0.25, 0.3) is 160 Å². The zero-order valence-corrected chi connectivity index (χ0v) is 49.4. The quantitative estimate of drug-likeness (QED) is 0.120. The zero-order chi connectivity index (χ0) is 60.9. The maximum absolute atomic E-state index is 10.5. The van der Waals surface area contributed by atoms with Gasteiger partial charge in [-0.1, -0.05) is 182 Å². The Labute approximate surface area is 526 Å². The highest BCUT2D eigenvalue weighted by atomic mass is 15.1. The van der Waals surface area contributed by atoms with Crippen molar-refractivity contribution in [3.63, 3.8) is 0 Å². The first-order valence-corrected chi connectivity index (χ1v) is 30.2. The normalized spacial score (nSPS) is 11.3. The molecule has 91 heavy (non-hydrogen) atoms. The predicted molar refractivity (Wildman–Crippen MR) is 371 cm³/mol. The molecule has 0 amide bonds. The van der Waals surface area contributed by atoms with Crippen LogP contribution < -0.4 is 0 Å². The standard InChI is InChI=1S/C83H52N8/c1-53-41-54(48-84)43-67(42-53)68-31-40-81(90-77-36-27-59(63-23-32-73(86-49-63)55-15-7-3-8-16-55)44-69(77)70-45-60(28-37-78(70)90)64-24-33-74(87-50-64)56-17-9-4-10-18-56)82(85-2)83(68)91-79-38-29-61(65-25-34-75(88-51-65)57-19-11-5-12-20-57)46-71(79)72-47-62(30-39-80(72)91)66-26-35-76(89-52-66)58-21-13-6-14-22-58/h3-47,49-52H,1H3. The van der Waals surface area contributed by atoms with E-state index in [0.29, 0.717) is 22.6 Å². The summed E-state index contributed by atoms with van der Waals surface area (Å²) in [6.45, 7) is 11.6. The number of nitriles is 1. The molecule has 0 bridgehead atoms. The number of pyridine rings is 4. The number of aryl methyl sites for hydroxylation is 1. The number of hydrogen-bond donors (Lipinski definition) is 0. The first kappa shape index (κ1) is 53.8. The van der Waals surface area contributed by atoms with Gasteiger partial charge in [-0.2, -0.15) is 5.26 Å². The molecule has 0 unspecified atom stereocenters. The van der Waals surface area contributed by atoms with E-state index < -0.39 is 0 Å². The lowest BCUT2D eigenvalue weighted by Crippen LogP contribution is -2.03. The second-order valence-electron chi connectivity index (χ2n) is 22.9. The Hall–Kier alpha value is -12.6. The highest BCUT2D eigenvalue weighted by Crippen LogP contribution is 2.48. The molecule has 16 rings (SSSR count). The van der Waals surface area contributed by atoms with Crippen molar-refractivity contribution in [2.24, 2.45) is 0 Å². The van der Waals surface area contributed by atoms with E-state index in [1.807, 2.05) is 117 Å². The summed E-state index contributed by atoms with van der Waals surface area (Å²) in [5, 5.41) is 14.5. The molecule has 0 aliphatic carbocycles. The van der Waals surface area contributed by atoms with Crippen LogP contribution >= 0.6 is 0 Å². The molecule has 0 aliphatic rings. The topological polar surface area (TPSA) is 89.6 Å². The third kappa shape index (κ3) is 9.75. The number of benzene rings is 10. The van der Waals surface area contributed by atoms with Crippen molar-refractivity contribution in [3.05, 3.63) is 320 Å². The van der Waals surface area contributed by atoms with E-state index in [2.05, 4.69) is 208 Å². The summed E-state index contributed by atoms with van der Waals surface area (Å²) >= 11 is 0. The van der Waals surface area contributed by atoms with Crippen molar-refractivity contribution in [3.8, 4) is 118 Å². The van der Waals surface area contributed by atoms with Crippen LogP contribution in [-0.2, 0) is 0 Å². The summed E-state index contributed by atoms with van der Waals surface area (Å²) in [5.41, 5.74) is 24.4. The van der Waals surface area contributed by atoms with Crippen molar-refractivity contribution < 1.29 is 0 Å². The van der Waals surface area contributed by atoms with Crippen LogP contribution in [0.3, 0.4) is 0 Å². The monoisotopic (exact) mass is 1160 g/mol. The van der Waals surface area contributed by atoms with E-state index in [4.69, 9.17) is 19.9 Å². The van der Waals surface area contributed by atoms with Gasteiger partial charge in [-0.3, -0.25) is 19.9 Å². The smallest absolute Gasteiger partial charge is 0.234 e. The van der Waals surface area contributed by atoms with Crippen LogP contribution in [0, 0.1) is 24.8 Å². The summed E-state index contributed by atoms with van der Waals surface area (Å²) in [6.07, 6.45) is 7.81. The molecule has 10 aromatic carbocycles. The number of fused-ring (bicyclic) bond motifs is 6. The second kappa shape index (κ2) is 22.6. The molecule has 8 heteroatoms. The lowest BCUT2D eigenvalue weighted by molar-refractivity contribution is 1.14. The third-order valence-electron chi connectivity index (χ3n) is 17.4. The van der Waals surface area contributed by atoms with Crippen LogP contribution in [-0.4, -0.2) is 29.1 Å².